The summed E-state index contributed by atoms with van der Waals surface area (Å²) in [5.41, 5.74) is 4.41. The van der Waals surface area contributed by atoms with Gasteiger partial charge in [0.15, 0.2) is 10.9 Å². The van der Waals surface area contributed by atoms with E-state index in [1.54, 1.807) is 30.2 Å². The Balaban J connectivity index is 1.57. The lowest BCUT2D eigenvalue weighted by molar-refractivity contribution is 0.435. The zero-order chi connectivity index (χ0) is 19.5. The summed E-state index contributed by atoms with van der Waals surface area (Å²) >= 11 is 1.66. The molecule has 0 radical (unpaired) electrons. The van der Waals surface area contributed by atoms with E-state index in [-0.39, 0.29) is 5.25 Å². The molecule has 1 atom stereocenters. The van der Waals surface area contributed by atoms with E-state index in [2.05, 4.69) is 40.5 Å². The molecule has 0 aliphatic heterocycles. The molecule has 0 N–H and O–H groups in total. The summed E-state index contributed by atoms with van der Waals surface area (Å²) in [6.45, 7) is 2.14. The van der Waals surface area contributed by atoms with Gasteiger partial charge >= 0.3 is 0 Å². The van der Waals surface area contributed by atoms with Gasteiger partial charge < -0.3 is 9.09 Å². The highest BCUT2D eigenvalue weighted by molar-refractivity contribution is 7.99. The van der Waals surface area contributed by atoms with Crippen molar-refractivity contribution < 1.29 is 4.52 Å². The SMILES string of the molecule is C[C@H](Sc1nncn1C)c1cccc(-c2cc(-c3ccc(C#N)cc3)no2)c1. The first kappa shape index (κ1) is 18.0. The van der Waals surface area contributed by atoms with Crippen molar-refractivity contribution in [1.29, 1.82) is 5.26 Å². The summed E-state index contributed by atoms with van der Waals surface area (Å²) in [4.78, 5) is 0. The maximum atomic E-state index is 8.92. The van der Waals surface area contributed by atoms with Gasteiger partial charge in [-0.2, -0.15) is 5.26 Å². The minimum absolute atomic E-state index is 0.212. The Kier molecular flexibility index (Phi) is 4.96. The second kappa shape index (κ2) is 7.71. The van der Waals surface area contributed by atoms with E-state index in [9.17, 15) is 0 Å². The summed E-state index contributed by atoms with van der Waals surface area (Å²) in [7, 11) is 1.94. The van der Waals surface area contributed by atoms with E-state index < -0.39 is 0 Å². The number of nitriles is 1. The summed E-state index contributed by atoms with van der Waals surface area (Å²) < 4.78 is 7.48. The van der Waals surface area contributed by atoms with Crippen molar-refractivity contribution in [3.05, 3.63) is 72.1 Å². The molecule has 0 unspecified atom stereocenters. The molecule has 28 heavy (non-hydrogen) atoms. The van der Waals surface area contributed by atoms with Crippen LogP contribution in [0.3, 0.4) is 0 Å². The van der Waals surface area contributed by atoms with Gasteiger partial charge in [0.2, 0.25) is 0 Å². The van der Waals surface area contributed by atoms with Crippen molar-refractivity contribution in [1.82, 2.24) is 19.9 Å². The Hall–Kier alpha value is -3.37. The van der Waals surface area contributed by atoms with Gasteiger partial charge in [-0.1, -0.05) is 47.3 Å². The van der Waals surface area contributed by atoms with Crippen LogP contribution in [-0.4, -0.2) is 19.9 Å². The van der Waals surface area contributed by atoms with Gasteiger partial charge in [-0.3, -0.25) is 0 Å². The van der Waals surface area contributed by atoms with Gasteiger partial charge in [-0.15, -0.1) is 10.2 Å². The highest BCUT2D eigenvalue weighted by atomic mass is 32.2. The van der Waals surface area contributed by atoms with Crippen LogP contribution in [0.15, 0.2) is 70.6 Å². The minimum Gasteiger partial charge on any atom is -0.356 e. The highest BCUT2D eigenvalue weighted by Gasteiger charge is 2.14. The lowest BCUT2D eigenvalue weighted by atomic mass is 10.1. The van der Waals surface area contributed by atoms with E-state index in [4.69, 9.17) is 9.78 Å². The Morgan fingerprint density at radius 3 is 2.64 bits per heavy atom. The van der Waals surface area contributed by atoms with Crippen molar-refractivity contribution in [3.63, 3.8) is 0 Å². The van der Waals surface area contributed by atoms with Crippen molar-refractivity contribution in [2.75, 3.05) is 0 Å². The average molecular weight is 387 g/mol. The van der Waals surface area contributed by atoms with Gasteiger partial charge in [0, 0.05) is 29.5 Å². The first-order valence-electron chi connectivity index (χ1n) is 8.72. The minimum atomic E-state index is 0.212. The molecule has 138 valence electrons. The largest absolute Gasteiger partial charge is 0.356 e. The molecule has 4 rings (SSSR count). The number of thioether (sulfide) groups is 1. The van der Waals surface area contributed by atoms with Crippen molar-refractivity contribution in [2.24, 2.45) is 7.05 Å². The molecule has 0 aliphatic rings. The topological polar surface area (TPSA) is 80.5 Å². The number of rotatable bonds is 5. The average Bonchev–Trinajstić information content (AvgIpc) is 3.38. The molecule has 0 saturated carbocycles. The molecule has 0 amide bonds. The van der Waals surface area contributed by atoms with Crippen molar-refractivity contribution in [3.8, 4) is 28.7 Å². The fraction of sp³-hybridized carbons (Fsp3) is 0.143. The molecular formula is C21H17N5OS. The number of hydrogen-bond donors (Lipinski definition) is 0. The zero-order valence-electron chi connectivity index (χ0n) is 15.4. The van der Waals surface area contributed by atoms with Crippen LogP contribution < -0.4 is 0 Å². The van der Waals surface area contributed by atoms with Crippen LogP contribution in [0.1, 0.15) is 23.3 Å². The Morgan fingerprint density at radius 2 is 1.93 bits per heavy atom. The van der Waals surface area contributed by atoms with Gasteiger partial charge in [0.05, 0.1) is 11.6 Å². The molecule has 2 heterocycles. The molecule has 0 fully saturated rings. The molecule has 2 aromatic heterocycles. The third-order valence-electron chi connectivity index (χ3n) is 4.41. The van der Waals surface area contributed by atoms with E-state index in [1.807, 2.05) is 41.9 Å². The standard InChI is InChI=1S/C21H17N5OS/c1-14(28-21-24-23-13-26(21)2)17-4-3-5-18(10-17)20-11-19(25-27-20)16-8-6-15(12-22)7-9-16/h3-11,13-14H,1-2H3/t14-/m0/s1. The van der Waals surface area contributed by atoms with E-state index in [1.165, 1.54) is 5.56 Å². The van der Waals surface area contributed by atoms with Gasteiger partial charge in [-0.25, -0.2) is 0 Å². The maximum Gasteiger partial charge on any atom is 0.191 e. The summed E-state index contributed by atoms with van der Waals surface area (Å²) in [5.74, 6) is 0.706. The van der Waals surface area contributed by atoms with E-state index in [0.717, 1.165) is 22.0 Å². The Morgan fingerprint density at radius 1 is 1.11 bits per heavy atom. The van der Waals surface area contributed by atoms with Crippen LogP contribution in [0.4, 0.5) is 0 Å². The van der Waals surface area contributed by atoms with Crippen LogP contribution in [0, 0.1) is 11.3 Å². The number of benzene rings is 2. The Labute approximate surface area is 166 Å². The van der Waals surface area contributed by atoms with Crippen molar-refractivity contribution >= 4 is 11.8 Å². The smallest absolute Gasteiger partial charge is 0.191 e. The molecular weight excluding hydrogens is 370 g/mol. The molecule has 7 heteroatoms. The number of aryl methyl sites for hydroxylation is 1. The molecule has 0 bridgehead atoms. The lowest BCUT2D eigenvalue weighted by Gasteiger charge is -2.11. The lowest BCUT2D eigenvalue weighted by Crippen LogP contribution is -1.94. The van der Waals surface area contributed by atoms with Gasteiger partial charge in [0.25, 0.3) is 0 Å². The predicted molar refractivity (Wildman–Crippen MR) is 107 cm³/mol. The zero-order valence-corrected chi connectivity index (χ0v) is 16.2. The summed E-state index contributed by atoms with van der Waals surface area (Å²) in [5, 5.41) is 22.3. The predicted octanol–water partition coefficient (Wildman–Crippen LogP) is 4.86. The van der Waals surface area contributed by atoms with Gasteiger partial charge in [-0.05, 0) is 30.7 Å². The number of aromatic nitrogens is 4. The summed E-state index contributed by atoms with van der Waals surface area (Å²) in [6, 6.07) is 19.5. The fourth-order valence-corrected chi connectivity index (χ4v) is 3.72. The van der Waals surface area contributed by atoms with Crippen LogP contribution in [-0.2, 0) is 7.05 Å². The number of hydrogen-bond acceptors (Lipinski definition) is 6. The second-order valence-corrected chi connectivity index (χ2v) is 7.68. The normalized spacial score (nSPS) is 11.9. The van der Waals surface area contributed by atoms with Crippen LogP contribution in [0.5, 0.6) is 0 Å². The van der Waals surface area contributed by atoms with Gasteiger partial charge in [0.1, 0.15) is 12.0 Å². The van der Waals surface area contributed by atoms with Crippen LogP contribution in [0.2, 0.25) is 0 Å². The third kappa shape index (κ3) is 3.68. The molecule has 4 aromatic rings. The van der Waals surface area contributed by atoms with Crippen LogP contribution >= 0.6 is 11.8 Å². The first-order valence-corrected chi connectivity index (χ1v) is 9.60. The monoisotopic (exact) mass is 387 g/mol. The maximum absolute atomic E-state index is 8.92. The van der Waals surface area contributed by atoms with E-state index >= 15 is 0 Å². The quantitative estimate of drug-likeness (QED) is 0.455. The molecule has 0 saturated heterocycles. The Bertz CT molecular complexity index is 1140. The van der Waals surface area contributed by atoms with E-state index in [0.29, 0.717) is 11.3 Å². The number of nitrogens with zero attached hydrogens (tertiary/aromatic N) is 5. The second-order valence-electron chi connectivity index (χ2n) is 6.38. The first-order chi connectivity index (χ1) is 13.6. The summed E-state index contributed by atoms with van der Waals surface area (Å²) in [6.07, 6.45) is 1.70. The highest BCUT2D eigenvalue weighted by Crippen LogP contribution is 2.35. The third-order valence-corrected chi connectivity index (χ3v) is 5.62. The van der Waals surface area contributed by atoms with Crippen molar-refractivity contribution in [2.45, 2.75) is 17.3 Å². The molecule has 0 aliphatic carbocycles. The molecule has 6 nitrogen and oxygen atoms in total. The van der Waals surface area contributed by atoms with Crippen LogP contribution in [0.25, 0.3) is 22.6 Å². The molecule has 0 spiro atoms. The fourth-order valence-electron chi connectivity index (χ4n) is 2.81. The molecule has 2 aromatic carbocycles.